The lowest BCUT2D eigenvalue weighted by Crippen LogP contribution is -2.43. The number of nitrogens with two attached hydrogens (primary N) is 1. The van der Waals surface area contributed by atoms with Crippen molar-refractivity contribution in [1.82, 2.24) is 5.32 Å². The third kappa shape index (κ3) is 8.23. The van der Waals surface area contributed by atoms with E-state index in [0.717, 1.165) is 23.9 Å². The molecule has 2 amide bonds. The highest BCUT2D eigenvalue weighted by Crippen LogP contribution is 2.04. The fourth-order valence-corrected chi connectivity index (χ4v) is 1.47. The predicted octanol–water partition coefficient (Wildman–Crippen LogP) is -0.147. The third-order valence-electron chi connectivity index (χ3n) is 2.29. The molecular formula is C11H24N3O2+. The van der Waals surface area contributed by atoms with Gasteiger partial charge < -0.3 is 15.5 Å². The van der Waals surface area contributed by atoms with Gasteiger partial charge in [0.25, 0.3) is 0 Å². The average molecular weight is 230 g/mol. The van der Waals surface area contributed by atoms with Gasteiger partial charge >= 0.3 is 0 Å². The highest BCUT2D eigenvalue weighted by molar-refractivity contribution is 5.85. The quantitative estimate of drug-likeness (QED) is 0.472. The first kappa shape index (κ1) is 14.9. The normalized spacial score (nSPS) is 13.2. The van der Waals surface area contributed by atoms with Crippen molar-refractivity contribution in [2.24, 2.45) is 5.73 Å². The molecule has 0 aromatic rings. The minimum absolute atomic E-state index is 0.213. The molecule has 0 saturated carbocycles. The number of hydrogen-bond donors (Lipinski definition) is 2. The topological polar surface area (TPSA) is 72.2 Å². The van der Waals surface area contributed by atoms with E-state index in [1.807, 2.05) is 0 Å². The molecule has 0 aliphatic carbocycles. The maximum atomic E-state index is 11.0. The van der Waals surface area contributed by atoms with E-state index in [4.69, 9.17) is 5.73 Å². The van der Waals surface area contributed by atoms with Crippen molar-refractivity contribution in [3.63, 3.8) is 0 Å². The van der Waals surface area contributed by atoms with Gasteiger partial charge in [-0.2, -0.15) is 0 Å². The maximum absolute atomic E-state index is 11.0. The molecule has 1 atom stereocenters. The molecule has 5 heteroatoms. The number of hydrogen-bond acceptors (Lipinski definition) is 2. The molecule has 0 radical (unpaired) electrons. The predicted molar refractivity (Wildman–Crippen MR) is 63.5 cm³/mol. The second kappa shape index (κ2) is 6.48. The highest BCUT2D eigenvalue weighted by Gasteiger charge is 2.16. The number of rotatable bonds is 7. The first-order valence-corrected chi connectivity index (χ1v) is 5.59. The largest absolute Gasteiger partial charge is 0.368 e. The smallest absolute Gasteiger partial charge is 0.239 e. The van der Waals surface area contributed by atoms with E-state index in [-0.39, 0.29) is 5.91 Å². The summed E-state index contributed by atoms with van der Waals surface area (Å²) in [4.78, 5) is 21.9. The number of primary amides is 1. The van der Waals surface area contributed by atoms with Crippen LogP contribution in [0.25, 0.3) is 0 Å². The fourth-order valence-electron chi connectivity index (χ4n) is 1.47. The van der Waals surface area contributed by atoms with E-state index < -0.39 is 11.9 Å². The van der Waals surface area contributed by atoms with Gasteiger partial charge in [-0.15, -0.1) is 0 Å². The Balaban J connectivity index is 3.86. The van der Waals surface area contributed by atoms with Gasteiger partial charge in [0.1, 0.15) is 6.04 Å². The van der Waals surface area contributed by atoms with Gasteiger partial charge in [-0.25, -0.2) is 0 Å². The van der Waals surface area contributed by atoms with Crippen LogP contribution >= 0.6 is 0 Å². The number of amides is 2. The van der Waals surface area contributed by atoms with Crippen molar-refractivity contribution >= 4 is 11.8 Å². The highest BCUT2D eigenvalue weighted by atomic mass is 16.2. The first-order chi connectivity index (χ1) is 7.22. The summed E-state index contributed by atoms with van der Waals surface area (Å²) < 4.78 is 0.904. The van der Waals surface area contributed by atoms with Gasteiger partial charge in [-0.1, -0.05) is 0 Å². The molecule has 16 heavy (non-hydrogen) atoms. The number of nitrogens with zero attached hydrogens (tertiary/aromatic N) is 1. The van der Waals surface area contributed by atoms with Gasteiger partial charge in [-0.3, -0.25) is 9.59 Å². The van der Waals surface area contributed by atoms with Crippen molar-refractivity contribution in [3.05, 3.63) is 0 Å². The van der Waals surface area contributed by atoms with Crippen LogP contribution in [0.1, 0.15) is 26.2 Å². The molecule has 0 saturated heterocycles. The number of unbranched alkanes of at least 4 members (excludes halogenated alkanes) is 1. The van der Waals surface area contributed by atoms with Gasteiger partial charge in [0, 0.05) is 6.92 Å². The average Bonchev–Trinajstić information content (AvgIpc) is 2.07. The minimum atomic E-state index is -0.523. The SMILES string of the molecule is CC(=O)N[C@H](CCCC[N+](C)(C)C)C(N)=O. The molecule has 3 N–H and O–H groups in total. The van der Waals surface area contributed by atoms with Gasteiger partial charge in [0.05, 0.1) is 27.7 Å². The Bertz CT molecular complexity index is 246. The summed E-state index contributed by atoms with van der Waals surface area (Å²) in [5.74, 6) is -0.671. The van der Waals surface area contributed by atoms with E-state index in [1.165, 1.54) is 6.92 Å². The van der Waals surface area contributed by atoms with Crippen molar-refractivity contribution < 1.29 is 14.1 Å². The first-order valence-electron chi connectivity index (χ1n) is 5.59. The number of carbonyl (C=O) groups is 2. The van der Waals surface area contributed by atoms with Crippen LogP contribution in [-0.2, 0) is 9.59 Å². The molecule has 0 aliphatic heterocycles. The molecule has 0 spiro atoms. The molecule has 0 unspecified atom stereocenters. The number of quaternary nitrogens is 1. The molecule has 0 rings (SSSR count). The van der Waals surface area contributed by atoms with E-state index in [9.17, 15) is 9.59 Å². The molecule has 94 valence electrons. The van der Waals surface area contributed by atoms with E-state index in [2.05, 4.69) is 26.5 Å². The van der Waals surface area contributed by atoms with Crippen LogP contribution in [0.2, 0.25) is 0 Å². The lowest BCUT2D eigenvalue weighted by atomic mass is 10.1. The lowest BCUT2D eigenvalue weighted by Gasteiger charge is -2.24. The minimum Gasteiger partial charge on any atom is -0.368 e. The van der Waals surface area contributed by atoms with Crippen LogP contribution in [0.15, 0.2) is 0 Å². The Morgan fingerprint density at radius 3 is 2.19 bits per heavy atom. The van der Waals surface area contributed by atoms with E-state index in [0.29, 0.717) is 6.42 Å². The summed E-state index contributed by atoms with van der Waals surface area (Å²) in [7, 11) is 6.37. The van der Waals surface area contributed by atoms with Gasteiger partial charge in [0.2, 0.25) is 11.8 Å². The zero-order valence-corrected chi connectivity index (χ0v) is 10.7. The van der Waals surface area contributed by atoms with Gasteiger partial charge in [-0.05, 0) is 19.3 Å². The van der Waals surface area contributed by atoms with Gasteiger partial charge in [0.15, 0.2) is 0 Å². The Kier molecular flexibility index (Phi) is 6.03. The molecule has 0 bridgehead atoms. The summed E-state index contributed by atoms with van der Waals surface area (Å²) in [5.41, 5.74) is 5.20. The Morgan fingerprint density at radius 2 is 1.81 bits per heavy atom. The van der Waals surface area contributed by atoms with E-state index >= 15 is 0 Å². The Morgan fingerprint density at radius 1 is 1.25 bits per heavy atom. The molecule has 0 aromatic carbocycles. The monoisotopic (exact) mass is 230 g/mol. The van der Waals surface area contributed by atoms with Crippen LogP contribution in [0.5, 0.6) is 0 Å². The zero-order valence-electron chi connectivity index (χ0n) is 10.7. The standard InChI is InChI=1S/C11H23N3O2/c1-9(15)13-10(11(12)16)7-5-6-8-14(2,3)4/h10H,5-8H2,1-4H3,(H2-,12,13,15,16)/p+1/t10-/m1/s1. The van der Waals surface area contributed by atoms with Crippen molar-refractivity contribution in [2.75, 3.05) is 27.7 Å². The lowest BCUT2D eigenvalue weighted by molar-refractivity contribution is -0.870. The van der Waals surface area contributed by atoms with Crippen LogP contribution in [0.3, 0.4) is 0 Å². The molecule has 0 heterocycles. The van der Waals surface area contributed by atoms with Crippen LogP contribution in [-0.4, -0.2) is 50.0 Å². The second-order valence-corrected chi connectivity index (χ2v) is 5.17. The van der Waals surface area contributed by atoms with Crippen LogP contribution in [0.4, 0.5) is 0 Å². The summed E-state index contributed by atoms with van der Waals surface area (Å²) in [6.07, 6.45) is 2.53. The summed E-state index contributed by atoms with van der Waals surface area (Å²) in [5, 5.41) is 2.56. The van der Waals surface area contributed by atoms with Crippen molar-refractivity contribution in [2.45, 2.75) is 32.2 Å². The zero-order chi connectivity index (χ0) is 12.8. The van der Waals surface area contributed by atoms with E-state index in [1.54, 1.807) is 0 Å². The number of carbonyl (C=O) groups excluding carboxylic acids is 2. The molecule has 0 aromatic heterocycles. The third-order valence-corrected chi connectivity index (χ3v) is 2.29. The summed E-state index contributed by atoms with van der Waals surface area (Å²) >= 11 is 0. The Hall–Kier alpha value is -1.10. The molecule has 0 aliphatic rings. The van der Waals surface area contributed by atoms with Crippen LogP contribution in [0, 0.1) is 0 Å². The van der Waals surface area contributed by atoms with Crippen molar-refractivity contribution in [1.29, 1.82) is 0 Å². The number of nitrogens with one attached hydrogen (secondary N) is 1. The molecule has 5 nitrogen and oxygen atoms in total. The summed E-state index contributed by atoms with van der Waals surface area (Å²) in [6.45, 7) is 2.44. The second-order valence-electron chi connectivity index (χ2n) is 5.17. The van der Waals surface area contributed by atoms with Crippen molar-refractivity contribution in [3.8, 4) is 0 Å². The van der Waals surface area contributed by atoms with Crippen LogP contribution < -0.4 is 11.1 Å². The maximum Gasteiger partial charge on any atom is 0.239 e. The molecular weight excluding hydrogens is 206 g/mol. The fraction of sp³-hybridized carbons (Fsp3) is 0.818. The summed E-state index contributed by atoms with van der Waals surface area (Å²) in [6, 6.07) is -0.523. The Labute approximate surface area is 97.6 Å². The molecule has 0 fully saturated rings.